The van der Waals surface area contributed by atoms with Crippen LogP contribution in [0.3, 0.4) is 0 Å². The smallest absolute Gasteiger partial charge is 0.271 e. The number of hydrazone groups is 1. The Morgan fingerprint density at radius 2 is 1.96 bits per heavy atom. The summed E-state index contributed by atoms with van der Waals surface area (Å²) < 4.78 is 10.6. The number of non-ortho nitro benzene ring substituents is 1. The van der Waals surface area contributed by atoms with Gasteiger partial charge < -0.3 is 9.15 Å². The molecule has 0 atom stereocenters. The van der Waals surface area contributed by atoms with Crippen LogP contribution in [0, 0.1) is 10.1 Å². The fourth-order valence-electron chi connectivity index (χ4n) is 2.34. The summed E-state index contributed by atoms with van der Waals surface area (Å²) in [5.41, 5.74) is 3.09. The van der Waals surface area contributed by atoms with E-state index in [1.807, 2.05) is 0 Å². The second-order valence-corrected chi connectivity index (χ2v) is 5.96. The van der Waals surface area contributed by atoms with Crippen LogP contribution in [0.2, 0.25) is 5.02 Å². The van der Waals surface area contributed by atoms with Crippen molar-refractivity contribution < 1.29 is 18.9 Å². The van der Waals surface area contributed by atoms with E-state index in [1.165, 1.54) is 31.5 Å². The van der Waals surface area contributed by atoms with Gasteiger partial charge in [0.2, 0.25) is 0 Å². The Morgan fingerprint density at radius 1 is 1.21 bits per heavy atom. The maximum absolute atomic E-state index is 12.0. The molecule has 0 bridgehead atoms. The van der Waals surface area contributed by atoms with Crippen LogP contribution < -0.4 is 10.2 Å². The molecule has 142 valence electrons. The van der Waals surface area contributed by atoms with Crippen LogP contribution in [-0.2, 0) is 0 Å². The molecule has 1 N–H and O–H groups in total. The van der Waals surface area contributed by atoms with Crippen LogP contribution in [0.15, 0.2) is 64.1 Å². The molecule has 9 heteroatoms. The molecule has 0 fully saturated rings. The minimum atomic E-state index is -0.514. The van der Waals surface area contributed by atoms with E-state index in [0.29, 0.717) is 33.4 Å². The Hall–Kier alpha value is -3.65. The first-order valence-electron chi connectivity index (χ1n) is 7.99. The molecule has 0 saturated heterocycles. The normalized spacial score (nSPS) is 10.8. The van der Waals surface area contributed by atoms with Crippen molar-refractivity contribution in [2.24, 2.45) is 5.10 Å². The lowest BCUT2D eigenvalue weighted by Crippen LogP contribution is -2.17. The van der Waals surface area contributed by atoms with E-state index in [1.54, 1.807) is 36.4 Å². The highest BCUT2D eigenvalue weighted by Gasteiger charge is 2.14. The molecule has 1 heterocycles. The molecule has 3 aromatic rings. The number of hydrogen-bond acceptors (Lipinski definition) is 6. The summed E-state index contributed by atoms with van der Waals surface area (Å²) >= 11 is 6.10. The third-order valence-corrected chi connectivity index (χ3v) is 4.09. The number of benzene rings is 2. The molecule has 0 aliphatic heterocycles. The van der Waals surface area contributed by atoms with Crippen LogP contribution in [0.25, 0.3) is 11.3 Å². The number of amides is 1. The van der Waals surface area contributed by atoms with E-state index in [0.717, 1.165) is 0 Å². The number of nitrogens with zero attached hydrogens (tertiary/aromatic N) is 2. The Balaban J connectivity index is 1.69. The first-order valence-corrected chi connectivity index (χ1v) is 8.37. The van der Waals surface area contributed by atoms with E-state index in [4.69, 9.17) is 20.8 Å². The first kappa shape index (κ1) is 19.1. The van der Waals surface area contributed by atoms with Crippen LogP contribution in [-0.4, -0.2) is 24.2 Å². The number of ether oxygens (including phenoxy) is 1. The number of carbonyl (C=O) groups excluding carboxylic acids is 1. The Morgan fingerprint density at radius 3 is 2.64 bits per heavy atom. The zero-order valence-electron chi connectivity index (χ0n) is 14.6. The molecular weight excluding hydrogens is 386 g/mol. The van der Waals surface area contributed by atoms with Crippen molar-refractivity contribution in [3.8, 4) is 17.1 Å². The standard InChI is InChI=1S/C19H14ClN3O5/c1-27-14-5-2-12(3-6-14)19(24)22-21-11-15-7-9-18(28-15)16-10-13(23(25)26)4-8-17(16)20/h2-11H,1H3,(H,22,24)/b21-11-. The average molecular weight is 400 g/mol. The van der Waals surface area contributed by atoms with Crippen molar-refractivity contribution in [2.75, 3.05) is 7.11 Å². The quantitative estimate of drug-likeness (QED) is 0.378. The van der Waals surface area contributed by atoms with Gasteiger partial charge in [-0.3, -0.25) is 14.9 Å². The number of carbonyl (C=O) groups is 1. The number of halogens is 1. The van der Waals surface area contributed by atoms with Crippen LogP contribution in [0.1, 0.15) is 16.1 Å². The topological polar surface area (TPSA) is 107 Å². The summed E-state index contributed by atoms with van der Waals surface area (Å²) in [6.07, 6.45) is 1.32. The molecule has 1 aromatic heterocycles. The van der Waals surface area contributed by atoms with Crippen LogP contribution >= 0.6 is 11.6 Å². The maximum atomic E-state index is 12.0. The van der Waals surface area contributed by atoms with Crippen molar-refractivity contribution in [1.29, 1.82) is 0 Å². The van der Waals surface area contributed by atoms with Gasteiger partial charge in [-0.15, -0.1) is 0 Å². The molecular formula is C19H14ClN3O5. The molecule has 8 nitrogen and oxygen atoms in total. The minimum absolute atomic E-state index is 0.0993. The van der Waals surface area contributed by atoms with Gasteiger partial charge in [0.05, 0.1) is 23.3 Å². The zero-order chi connectivity index (χ0) is 20.1. The van der Waals surface area contributed by atoms with E-state index in [9.17, 15) is 14.9 Å². The Bertz CT molecular complexity index is 1040. The van der Waals surface area contributed by atoms with Gasteiger partial charge in [0, 0.05) is 23.3 Å². The largest absolute Gasteiger partial charge is 0.497 e. The second kappa shape index (κ2) is 8.36. The zero-order valence-corrected chi connectivity index (χ0v) is 15.3. The summed E-state index contributed by atoms with van der Waals surface area (Å²) in [4.78, 5) is 22.4. The monoisotopic (exact) mass is 399 g/mol. The number of methoxy groups -OCH3 is 1. The van der Waals surface area contributed by atoms with E-state index in [2.05, 4.69) is 10.5 Å². The van der Waals surface area contributed by atoms with Gasteiger partial charge in [0.25, 0.3) is 11.6 Å². The molecule has 0 radical (unpaired) electrons. The highest BCUT2D eigenvalue weighted by molar-refractivity contribution is 6.33. The van der Waals surface area contributed by atoms with Crippen molar-refractivity contribution in [2.45, 2.75) is 0 Å². The number of hydrogen-bond donors (Lipinski definition) is 1. The molecule has 3 rings (SSSR count). The average Bonchev–Trinajstić information content (AvgIpc) is 3.16. The molecule has 0 saturated carbocycles. The molecule has 0 aliphatic rings. The van der Waals surface area contributed by atoms with Gasteiger partial charge in [0.15, 0.2) is 0 Å². The first-order chi connectivity index (χ1) is 13.5. The summed E-state index contributed by atoms with van der Waals surface area (Å²) in [7, 11) is 1.54. The van der Waals surface area contributed by atoms with Gasteiger partial charge in [-0.05, 0) is 42.5 Å². The molecule has 2 aromatic carbocycles. The van der Waals surface area contributed by atoms with E-state index in [-0.39, 0.29) is 5.69 Å². The fourth-order valence-corrected chi connectivity index (χ4v) is 2.55. The summed E-state index contributed by atoms with van der Waals surface area (Å²) in [5, 5.41) is 15.1. The lowest BCUT2D eigenvalue weighted by molar-refractivity contribution is -0.384. The van der Waals surface area contributed by atoms with Crippen molar-refractivity contribution in [1.82, 2.24) is 5.43 Å². The molecule has 28 heavy (non-hydrogen) atoms. The van der Waals surface area contributed by atoms with Crippen molar-refractivity contribution in [3.05, 3.63) is 81.1 Å². The third kappa shape index (κ3) is 4.36. The predicted octanol–water partition coefficient (Wildman–Crippen LogP) is 4.28. The van der Waals surface area contributed by atoms with E-state index >= 15 is 0 Å². The van der Waals surface area contributed by atoms with Gasteiger partial charge in [-0.25, -0.2) is 5.43 Å². The van der Waals surface area contributed by atoms with Crippen LogP contribution in [0.4, 0.5) is 5.69 Å². The highest BCUT2D eigenvalue weighted by atomic mass is 35.5. The minimum Gasteiger partial charge on any atom is -0.497 e. The number of nitro groups is 1. The lowest BCUT2D eigenvalue weighted by atomic mass is 10.1. The van der Waals surface area contributed by atoms with Gasteiger partial charge in [-0.2, -0.15) is 5.10 Å². The maximum Gasteiger partial charge on any atom is 0.271 e. The highest BCUT2D eigenvalue weighted by Crippen LogP contribution is 2.32. The predicted molar refractivity (Wildman–Crippen MR) is 104 cm³/mol. The van der Waals surface area contributed by atoms with Crippen LogP contribution in [0.5, 0.6) is 5.75 Å². The van der Waals surface area contributed by atoms with Crippen molar-refractivity contribution >= 4 is 29.4 Å². The Kier molecular flexibility index (Phi) is 5.71. The van der Waals surface area contributed by atoms with Gasteiger partial charge in [-0.1, -0.05) is 11.6 Å². The fraction of sp³-hybridized carbons (Fsp3) is 0.0526. The third-order valence-electron chi connectivity index (χ3n) is 3.76. The molecule has 0 spiro atoms. The van der Waals surface area contributed by atoms with E-state index < -0.39 is 10.8 Å². The van der Waals surface area contributed by atoms with Gasteiger partial charge in [0.1, 0.15) is 17.3 Å². The van der Waals surface area contributed by atoms with Crippen molar-refractivity contribution in [3.63, 3.8) is 0 Å². The Labute approximate surface area is 164 Å². The summed E-state index contributed by atoms with van der Waals surface area (Å²) in [6.45, 7) is 0. The second-order valence-electron chi connectivity index (χ2n) is 5.55. The molecule has 0 aliphatic carbocycles. The molecule has 0 unspecified atom stereocenters. The number of furan rings is 1. The molecule has 1 amide bonds. The SMILES string of the molecule is COc1ccc(C(=O)N/N=C\c2ccc(-c3cc([N+](=O)[O-])ccc3Cl)o2)cc1. The number of rotatable bonds is 6. The lowest BCUT2D eigenvalue weighted by Gasteiger charge is -2.02. The summed E-state index contributed by atoms with van der Waals surface area (Å²) in [6, 6.07) is 13.8. The van der Waals surface area contributed by atoms with Gasteiger partial charge >= 0.3 is 0 Å². The number of nitrogens with one attached hydrogen (secondary N) is 1. The number of nitro benzene ring substituents is 1. The summed E-state index contributed by atoms with van der Waals surface area (Å²) in [5.74, 6) is 0.930.